The van der Waals surface area contributed by atoms with Crippen molar-refractivity contribution in [2.24, 2.45) is 5.10 Å². The number of nitro benzene ring substituents is 1. The minimum Gasteiger partial charge on any atom is -0.490 e. The normalized spacial score (nSPS) is 10.7. The lowest BCUT2D eigenvalue weighted by Crippen LogP contribution is -2.17. The number of nitrogens with one attached hydrogen (secondary N) is 1. The zero-order chi connectivity index (χ0) is 22.9. The second kappa shape index (κ2) is 11.1. The van der Waals surface area contributed by atoms with Gasteiger partial charge in [0.15, 0.2) is 11.5 Å². The Morgan fingerprint density at radius 3 is 2.56 bits per heavy atom. The number of amides is 1. The molecule has 0 heterocycles. The highest BCUT2D eigenvalue weighted by Crippen LogP contribution is 2.29. The number of hydrogen-bond donors (Lipinski definition) is 1. The van der Waals surface area contributed by atoms with Crippen LogP contribution in [0.25, 0.3) is 0 Å². The third-order valence-corrected chi connectivity index (χ3v) is 4.77. The fourth-order valence-corrected chi connectivity index (χ4v) is 3.13. The van der Waals surface area contributed by atoms with Crippen molar-refractivity contribution < 1.29 is 19.2 Å². The predicted molar refractivity (Wildman–Crippen MR) is 124 cm³/mol. The Morgan fingerprint density at radius 1 is 1.09 bits per heavy atom. The van der Waals surface area contributed by atoms with Crippen molar-refractivity contribution in [2.75, 3.05) is 6.61 Å². The van der Waals surface area contributed by atoms with Crippen LogP contribution in [0, 0.1) is 10.1 Å². The van der Waals surface area contributed by atoms with Crippen molar-refractivity contribution in [1.82, 2.24) is 5.43 Å². The van der Waals surface area contributed by atoms with Crippen LogP contribution in [0.1, 0.15) is 28.4 Å². The van der Waals surface area contributed by atoms with E-state index in [1.54, 1.807) is 48.5 Å². The summed E-state index contributed by atoms with van der Waals surface area (Å²) in [6, 6.07) is 18.4. The second-order valence-electron chi connectivity index (χ2n) is 6.56. The minimum absolute atomic E-state index is 0.0272. The quantitative estimate of drug-likeness (QED) is 0.251. The van der Waals surface area contributed by atoms with Crippen LogP contribution in [-0.2, 0) is 6.61 Å². The molecule has 3 rings (SSSR count). The summed E-state index contributed by atoms with van der Waals surface area (Å²) in [6.45, 7) is 2.53. The lowest BCUT2D eigenvalue weighted by Gasteiger charge is -2.12. The van der Waals surface area contributed by atoms with E-state index in [1.807, 2.05) is 13.0 Å². The maximum absolute atomic E-state index is 12.2. The molecule has 9 heteroatoms. The molecule has 32 heavy (non-hydrogen) atoms. The van der Waals surface area contributed by atoms with Crippen LogP contribution in [0.5, 0.6) is 11.5 Å². The molecule has 0 aliphatic heterocycles. The molecular formula is C23H20BrN3O5. The fraction of sp³-hybridized carbons (Fsp3) is 0.130. The molecule has 0 radical (unpaired) electrons. The van der Waals surface area contributed by atoms with E-state index in [1.165, 1.54) is 18.3 Å². The summed E-state index contributed by atoms with van der Waals surface area (Å²) in [6.07, 6.45) is 1.51. The predicted octanol–water partition coefficient (Wildman–Crippen LogP) is 5.10. The van der Waals surface area contributed by atoms with Gasteiger partial charge in [-0.25, -0.2) is 5.43 Å². The van der Waals surface area contributed by atoms with Crippen molar-refractivity contribution >= 4 is 33.7 Å². The van der Waals surface area contributed by atoms with Crippen LogP contribution in [0.4, 0.5) is 5.69 Å². The summed E-state index contributed by atoms with van der Waals surface area (Å²) in [5.74, 6) is 0.729. The molecule has 0 saturated heterocycles. The van der Waals surface area contributed by atoms with Gasteiger partial charge in [-0.2, -0.15) is 5.10 Å². The lowest BCUT2D eigenvalue weighted by atomic mass is 10.2. The molecule has 0 spiro atoms. The lowest BCUT2D eigenvalue weighted by molar-refractivity contribution is -0.384. The first-order valence-electron chi connectivity index (χ1n) is 9.68. The monoisotopic (exact) mass is 497 g/mol. The molecule has 0 unspecified atom stereocenters. The first-order valence-corrected chi connectivity index (χ1v) is 10.5. The number of hydrogen-bond acceptors (Lipinski definition) is 6. The molecule has 3 aromatic rings. The van der Waals surface area contributed by atoms with E-state index in [9.17, 15) is 14.9 Å². The SMILES string of the molecule is CCOc1cc(/C=N\NC(=O)c2cccc(Br)c2)ccc1OCc1ccc([N+](=O)[O-])cc1. The van der Waals surface area contributed by atoms with Gasteiger partial charge < -0.3 is 9.47 Å². The average molecular weight is 498 g/mol. The van der Waals surface area contributed by atoms with E-state index in [0.29, 0.717) is 29.2 Å². The van der Waals surface area contributed by atoms with Crippen LogP contribution in [0.2, 0.25) is 0 Å². The number of halogens is 1. The van der Waals surface area contributed by atoms with Crippen molar-refractivity contribution in [3.05, 3.63) is 98.0 Å². The average Bonchev–Trinajstić information content (AvgIpc) is 2.79. The van der Waals surface area contributed by atoms with Gasteiger partial charge in [0, 0.05) is 22.2 Å². The highest BCUT2D eigenvalue weighted by atomic mass is 79.9. The van der Waals surface area contributed by atoms with Gasteiger partial charge in [0.1, 0.15) is 6.61 Å². The summed E-state index contributed by atoms with van der Waals surface area (Å²) in [7, 11) is 0. The van der Waals surface area contributed by atoms with Crippen LogP contribution >= 0.6 is 15.9 Å². The number of ether oxygens (including phenoxy) is 2. The molecule has 8 nitrogen and oxygen atoms in total. The Balaban J connectivity index is 1.65. The van der Waals surface area contributed by atoms with Crippen molar-refractivity contribution in [3.63, 3.8) is 0 Å². The third kappa shape index (κ3) is 6.39. The number of nitro groups is 1. The third-order valence-electron chi connectivity index (χ3n) is 4.28. The van der Waals surface area contributed by atoms with E-state index in [2.05, 4.69) is 26.5 Å². The zero-order valence-corrected chi connectivity index (χ0v) is 18.7. The van der Waals surface area contributed by atoms with E-state index in [0.717, 1.165) is 10.0 Å². The van der Waals surface area contributed by atoms with E-state index >= 15 is 0 Å². The van der Waals surface area contributed by atoms with Gasteiger partial charge in [-0.3, -0.25) is 14.9 Å². The summed E-state index contributed by atoms with van der Waals surface area (Å²) in [5, 5.41) is 14.8. The van der Waals surface area contributed by atoms with Gasteiger partial charge >= 0.3 is 0 Å². The molecule has 3 aromatic carbocycles. The number of non-ortho nitro benzene ring substituents is 1. The van der Waals surface area contributed by atoms with E-state index in [4.69, 9.17) is 9.47 Å². The maximum atomic E-state index is 12.2. The van der Waals surface area contributed by atoms with Crippen molar-refractivity contribution in [2.45, 2.75) is 13.5 Å². The van der Waals surface area contributed by atoms with Gasteiger partial charge in [-0.15, -0.1) is 0 Å². The molecule has 0 atom stereocenters. The zero-order valence-electron chi connectivity index (χ0n) is 17.2. The number of hydrazone groups is 1. The summed E-state index contributed by atoms with van der Waals surface area (Å²) in [4.78, 5) is 22.5. The molecule has 0 bridgehead atoms. The number of nitrogens with zero attached hydrogens (tertiary/aromatic N) is 2. The van der Waals surface area contributed by atoms with Gasteiger partial charge in [0.25, 0.3) is 11.6 Å². The Bertz CT molecular complexity index is 1130. The van der Waals surface area contributed by atoms with E-state index < -0.39 is 4.92 Å². The summed E-state index contributed by atoms with van der Waals surface area (Å²) >= 11 is 3.33. The Labute approximate surface area is 193 Å². The largest absolute Gasteiger partial charge is 0.490 e. The molecule has 1 amide bonds. The number of carbonyl (C=O) groups is 1. The topological polar surface area (TPSA) is 103 Å². The van der Waals surface area contributed by atoms with Crippen LogP contribution < -0.4 is 14.9 Å². The molecule has 164 valence electrons. The Morgan fingerprint density at radius 2 is 1.88 bits per heavy atom. The Hall–Kier alpha value is -3.72. The standard InChI is InChI=1S/C23H20BrN3O5/c1-2-31-22-12-17(14-25-26-23(28)18-4-3-5-19(24)13-18)8-11-21(22)32-15-16-6-9-20(10-7-16)27(29)30/h3-14H,2,15H2,1H3,(H,26,28)/b25-14-. The molecule has 1 N–H and O–H groups in total. The van der Waals surface area contributed by atoms with Gasteiger partial charge in [-0.1, -0.05) is 22.0 Å². The van der Waals surface area contributed by atoms with Gasteiger partial charge in [-0.05, 0) is 66.6 Å². The molecule has 0 aromatic heterocycles. The fourth-order valence-electron chi connectivity index (χ4n) is 2.73. The summed E-state index contributed by atoms with van der Waals surface area (Å²) in [5.41, 5.74) is 4.51. The molecule has 0 fully saturated rings. The van der Waals surface area contributed by atoms with E-state index in [-0.39, 0.29) is 18.2 Å². The number of rotatable bonds is 9. The summed E-state index contributed by atoms with van der Waals surface area (Å²) < 4.78 is 12.3. The van der Waals surface area contributed by atoms with Crippen molar-refractivity contribution in [3.8, 4) is 11.5 Å². The molecule has 0 aliphatic carbocycles. The number of benzene rings is 3. The number of carbonyl (C=O) groups excluding carboxylic acids is 1. The van der Waals surface area contributed by atoms with Gasteiger partial charge in [0.05, 0.1) is 17.7 Å². The molecule has 0 saturated carbocycles. The highest BCUT2D eigenvalue weighted by Gasteiger charge is 2.09. The minimum atomic E-state index is -0.445. The van der Waals surface area contributed by atoms with Crippen LogP contribution in [0.15, 0.2) is 76.3 Å². The molecule has 0 aliphatic rings. The van der Waals surface area contributed by atoms with Crippen LogP contribution in [-0.4, -0.2) is 23.7 Å². The highest BCUT2D eigenvalue weighted by molar-refractivity contribution is 9.10. The van der Waals surface area contributed by atoms with Crippen LogP contribution in [0.3, 0.4) is 0 Å². The van der Waals surface area contributed by atoms with Gasteiger partial charge in [0.2, 0.25) is 0 Å². The maximum Gasteiger partial charge on any atom is 0.271 e. The van der Waals surface area contributed by atoms with Crippen molar-refractivity contribution in [1.29, 1.82) is 0 Å². The first kappa shape index (κ1) is 23.0. The second-order valence-corrected chi connectivity index (χ2v) is 7.48. The first-order chi connectivity index (χ1) is 15.5. The smallest absolute Gasteiger partial charge is 0.271 e. The Kier molecular flexibility index (Phi) is 7.93. The molecular weight excluding hydrogens is 478 g/mol.